The summed E-state index contributed by atoms with van der Waals surface area (Å²) >= 11 is 12.6. The van der Waals surface area contributed by atoms with Crippen molar-refractivity contribution >= 4 is 59.2 Å². The third-order valence-electron chi connectivity index (χ3n) is 2.62. The minimum Gasteiger partial charge on any atom is -0.279 e. The van der Waals surface area contributed by atoms with Gasteiger partial charge in [-0.15, -0.1) is 0 Å². The van der Waals surface area contributed by atoms with Gasteiger partial charge in [0.15, 0.2) is 0 Å². The van der Waals surface area contributed by atoms with Crippen LogP contribution in [0.5, 0.6) is 0 Å². The van der Waals surface area contributed by atoms with Gasteiger partial charge in [0.2, 0.25) is 0 Å². The van der Waals surface area contributed by atoms with Crippen molar-refractivity contribution in [1.82, 2.24) is 0 Å². The van der Waals surface area contributed by atoms with Gasteiger partial charge in [0.05, 0.1) is 10.7 Å². The summed E-state index contributed by atoms with van der Waals surface area (Å²) in [6.45, 7) is 1.83. The minimum atomic E-state index is -3.71. The van der Waals surface area contributed by atoms with Gasteiger partial charge in [-0.25, -0.2) is 8.42 Å². The zero-order valence-electron chi connectivity index (χ0n) is 10.3. The van der Waals surface area contributed by atoms with Crippen molar-refractivity contribution in [2.45, 2.75) is 11.8 Å². The van der Waals surface area contributed by atoms with Gasteiger partial charge >= 0.3 is 0 Å². The summed E-state index contributed by atoms with van der Waals surface area (Å²) in [6, 6.07) is 9.95. The maximum atomic E-state index is 12.3. The highest BCUT2D eigenvalue weighted by atomic mass is 79.9. The maximum absolute atomic E-state index is 12.3. The Morgan fingerprint density at radius 1 is 1.05 bits per heavy atom. The first-order valence-corrected chi connectivity index (χ1v) is 8.98. The average Bonchev–Trinajstić information content (AvgIpc) is 2.32. The highest BCUT2D eigenvalue weighted by Crippen LogP contribution is 2.28. The molecule has 0 saturated carbocycles. The predicted molar refractivity (Wildman–Crippen MR) is 88.8 cm³/mol. The molecule has 0 aromatic heterocycles. The van der Waals surface area contributed by atoms with Crippen LogP contribution in [-0.4, -0.2) is 8.42 Å². The summed E-state index contributed by atoms with van der Waals surface area (Å²) in [5.41, 5.74) is 1.34. The molecule has 0 heterocycles. The van der Waals surface area contributed by atoms with Crippen molar-refractivity contribution in [3.05, 3.63) is 55.9 Å². The molecule has 0 aliphatic heterocycles. The number of rotatable bonds is 3. The zero-order chi connectivity index (χ0) is 14.9. The van der Waals surface area contributed by atoms with E-state index in [9.17, 15) is 8.42 Å². The molecule has 0 aliphatic rings. The monoisotopic (exact) mass is 437 g/mol. The molecule has 2 aromatic carbocycles. The molecule has 3 nitrogen and oxygen atoms in total. The normalized spacial score (nSPS) is 11.4. The molecule has 106 valence electrons. The first kappa shape index (κ1) is 15.8. The number of aryl methyl sites for hydroxylation is 1. The second-order valence-electron chi connectivity index (χ2n) is 4.14. The Labute approximate surface area is 139 Å². The van der Waals surface area contributed by atoms with Gasteiger partial charge in [-0.1, -0.05) is 43.5 Å². The van der Waals surface area contributed by atoms with E-state index in [1.165, 1.54) is 6.07 Å². The lowest BCUT2D eigenvalue weighted by atomic mass is 10.2. The van der Waals surface area contributed by atoms with Gasteiger partial charge in [-0.2, -0.15) is 0 Å². The van der Waals surface area contributed by atoms with Crippen molar-refractivity contribution in [1.29, 1.82) is 0 Å². The number of halogens is 3. The smallest absolute Gasteiger partial charge is 0.263 e. The molecule has 0 fully saturated rings. The minimum absolute atomic E-state index is 0.0460. The molecule has 0 bridgehead atoms. The lowest BCUT2D eigenvalue weighted by molar-refractivity contribution is 0.601. The van der Waals surface area contributed by atoms with Crippen molar-refractivity contribution in [2.24, 2.45) is 0 Å². The lowest BCUT2D eigenvalue weighted by Crippen LogP contribution is -2.14. The highest BCUT2D eigenvalue weighted by molar-refractivity contribution is 9.10. The first-order valence-electron chi connectivity index (χ1n) is 5.53. The fraction of sp³-hybridized carbons (Fsp3) is 0.0769. The third-order valence-corrected chi connectivity index (χ3v) is 5.45. The van der Waals surface area contributed by atoms with E-state index < -0.39 is 10.0 Å². The Hall–Kier alpha value is -0.560. The highest BCUT2D eigenvalue weighted by Gasteiger charge is 2.18. The summed E-state index contributed by atoms with van der Waals surface area (Å²) in [6.07, 6.45) is 0. The molecule has 1 N–H and O–H groups in total. The standard InChI is InChI=1S/C13H10Br2ClNO2S/c1-8-6-9(14)2-4-12(8)17-20(18,19)13-5-3-10(15)7-11(13)16/h2-7,17H,1H3. The summed E-state index contributed by atoms with van der Waals surface area (Å²) in [5, 5.41) is 0.168. The number of hydrogen-bond donors (Lipinski definition) is 1. The van der Waals surface area contributed by atoms with E-state index in [-0.39, 0.29) is 9.92 Å². The molecule has 0 unspecified atom stereocenters. The number of nitrogens with one attached hydrogen (secondary N) is 1. The van der Waals surface area contributed by atoms with Gasteiger partial charge in [-0.05, 0) is 48.9 Å². The van der Waals surface area contributed by atoms with Crippen molar-refractivity contribution in [2.75, 3.05) is 4.72 Å². The van der Waals surface area contributed by atoms with Crippen LogP contribution in [0.1, 0.15) is 5.56 Å². The molecule has 0 radical (unpaired) electrons. The number of sulfonamides is 1. The quantitative estimate of drug-likeness (QED) is 0.734. The zero-order valence-corrected chi connectivity index (χ0v) is 15.1. The largest absolute Gasteiger partial charge is 0.279 e. The van der Waals surface area contributed by atoms with Crippen molar-refractivity contribution < 1.29 is 8.42 Å². The Morgan fingerprint density at radius 3 is 2.25 bits per heavy atom. The van der Waals surface area contributed by atoms with E-state index in [2.05, 4.69) is 36.6 Å². The van der Waals surface area contributed by atoms with Gasteiger partial charge < -0.3 is 0 Å². The van der Waals surface area contributed by atoms with E-state index in [0.717, 1.165) is 14.5 Å². The summed E-state index contributed by atoms with van der Waals surface area (Å²) in [5.74, 6) is 0. The van der Waals surface area contributed by atoms with Crippen LogP contribution < -0.4 is 4.72 Å². The Bertz CT molecular complexity index is 763. The predicted octanol–water partition coefficient (Wildman–Crippen LogP) is 4.97. The number of hydrogen-bond acceptors (Lipinski definition) is 2. The second-order valence-corrected chi connectivity index (χ2v) is 8.03. The van der Waals surface area contributed by atoms with Crippen molar-refractivity contribution in [3.8, 4) is 0 Å². The van der Waals surface area contributed by atoms with Gasteiger partial charge in [-0.3, -0.25) is 4.72 Å². The summed E-state index contributed by atoms with van der Waals surface area (Å²) in [4.78, 5) is 0.0460. The molecule has 2 aromatic rings. The fourth-order valence-electron chi connectivity index (χ4n) is 1.63. The van der Waals surface area contributed by atoms with Crippen LogP contribution in [0.3, 0.4) is 0 Å². The van der Waals surface area contributed by atoms with E-state index in [1.807, 2.05) is 13.0 Å². The van der Waals surface area contributed by atoms with E-state index in [1.54, 1.807) is 24.3 Å². The Morgan fingerprint density at radius 2 is 1.65 bits per heavy atom. The summed E-state index contributed by atoms with van der Waals surface area (Å²) in [7, 11) is -3.71. The van der Waals surface area contributed by atoms with Crippen LogP contribution in [0.4, 0.5) is 5.69 Å². The SMILES string of the molecule is Cc1cc(Br)ccc1NS(=O)(=O)c1ccc(Br)cc1Cl. The molecule has 0 atom stereocenters. The number of benzene rings is 2. The molecule has 7 heteroatoms. The third kappa shape index (κ3) is 3.55. The van der Waals surface area contributed by atoms with E-state index in [4.69, 9.17) is 11.6 Å². The molecule has 0 spiro atoms. The molecule has 0 saturated heterocycles. The summed E-state index contributed by atoms with van der Waals surface area (Å²) < 4.78 is 28.9. The fourth-order valence-corrected chi connectivity index (χ4v) is 4.28. The Kier molecular flexibility index (Phi) is 4.79. The molecule has 2 rings (SSSR count). The maximum Gasteiger partial charge on any atom is 0.263 e. The molecule has 20 heavy (non-hydrogen) atoms. The van der Waals surface area contributed by atoms with Crippen LogP contribution in [0.2, 0.25) is 5.02 Å². The van der Waals surface area contributed by atoms with Crippen LogP contribution >= 0.6 is 43.5 Å². The van der Waals surface area contributed by atoms with E-state index >= 15 is 0 Å². The molecular weight excluding hydrogens is 429 g/mol. The van der Waals surface area contributed by atoms with Crippen molar-refractivity contribution in [3.63, 3.8) is 0 Å². The number of anilines is 1. The second kappa shape index (κ2) is 6.05. The molecular formula is C13H10Br2ClNO2S. The average molecular weight is 440 g/mol. The topological polar surface area (TPSA) is 46.2 Å². The van der Waals surface area contributed by atoms with Gasteiger partial charge in [0.25, 0.3) is 10.0 Å². The van der Waals surface area contributed by atoms with E-state index in [0.29, 0.717) is 5.69 Å². The van der Waals surface area contributed by atoms with Crippen LogP contribution in [0, 0.1) is 6.92 Å². The van der Waals surface area contributed by atoms with Gasteiger partial charge in [0.1, 0.15) is 4.90 Å². The lowest BCUT2D eigenvalue weighted by Gasteiger charge is -2.12. The van der Waals surface area contributed by atoms with Crippen LogP contribution in [-0.2, 0) is 10.0 Å². The van der Waals surface area contributed by atoms with Crippen LogP contribution in [0.25, 0.3) is 0 Å². The first-order chi connectivity index (χ1) is 9.29. The van der Waals surface area contributed by atoms with Crippen LogP contribution in [0.15, 0.2) is 50.2 Å². The molecule has 0 aliphatic carbocycles. The van der Waals surface area contributed by atoms with Gasteiger partial charge in [0, 0.05) is 8.95 Å². The molecule has 0 amide bonds. The Balaban J connectivity index is 2.41.